The highest BCUT2D eigenvalue weighted by Gasteiger charge is 2.28. The van der Waals surface area contributed by atoms with Crippen molar-refractivity contribution in [1.82, 2.24) is 10.2 Å². The highest BCUT2D eigenvalue weighted by molar-refractivity contribution is 4.82. The zero-order valence-electron chi connectivity index (χ0n) is 12.6. The van der Waals surface area contributed by atoms with Gasteiger partial charge in [-0.1, -0.05) is 13.8 Å². The lowest BCUT2D eigenvalue weighted by molar-refractivity contribution is 0.00749. The molecule has 3 atom stereocenters. The fourth-order valence-corrected chi connectivity index (χ4v) is 3.25. The molecule has 0 aromatic carbocycles. The molecule has 4 heteroatoms. The van der Waals surface area contributed by atoms with Gasteiger partial charge in [0.05, 0.1) is 12.7 Å². The van der Waals surface area contributed by atoms with Gasteiger partial charge in [-0.3, -0.25) is 0 Å². The molecule has 0 bridgehead atoms. The van der Waals surface area contributed by atoms with Crippen LogP contribution in [0, 0.1) is 5.92 Å². The third-order valence-electron chi connectivity index (χ3n) is 4.37. The van der Waals surface area contributed by atoms with Gasteiger partial charge in [0, 0.05) is 38.3 Å². The topological polar surface area (TPSA) is 33.7 Å². The maximum Gasteiger partial charge on any atom is 0.0702 e. The summed E-state index contributed by atoms with van der Waals surface area (Å²) in [5.74, 6) is 0.620. The van der Waals surface area contributed by atoms with Crippen molar-refractivity contribution in [3.63, 3.8) is 0 Å². The van der Waals surface area contributed by atoms with Crippen LogP contribution in [-0.2, 0) is 9.47 Å². The first kappa shape index (κ1) is 15.2. The number of nitrogens with zero attached hydrogens (tertiary/aromatic N) is 1. The van der Waals surface area contributed by atoms with Crippen LogP contribution in [0.4, 0.5) is 0 Å². The minimum absolute atomic E-state index is 0.460. The number of hydrogen-bond acceptors (Lipinski definition) is 4. The van der Waals surface area contributed by atoms with E-state index in [4.69, 9.17) is 9.47 Å². The van der Waals surface area contributed by atoms with Crippen LogP contribution in [0.15, 0.2) is 0 Å². The van der Waals surface area contributed by atoms with Crippen LogP contribution in [0.3, 0.4) is 0 Å². The number of rotatable bonds is 7. The Labute approximate surface area is 117 Å². The Bertz CT molecular complexity index is 242. The molecular formula is C15H30N2O2. The van der Waals surface area contributed by atoms with Crippen molar-refractivity contribution in [1.29, 1.82) is 0 Å². The van der Waals surface area contributed by atoms with Crippen LogP contribution in [-0.4, -0.2) is 63.0 Å². The third kappa shape index (κ3) is 4.71. The predicted molar refractivity (Wildman–Crippen MR) is 77.5 cm³/mol. The molecule has 2 heterocycles. The van der Waals surface area contributed by atoms with Gasteiger partial charge in [-0.05, 0) is 32.4 Å². The van der Waals surface area contributed by atoms with E-state index in [1.165, 1.54) is 12.8 Å². The minimum atomic E-state index is 0.460. The molecule has 112 valence electrons. The first-order chi connectivity index (χ1) is 9.33. The maximum absolute atomic E-state index is 5.76. The van der Waals surface area contributed by atoms with E-state index < -0.39 is 0 Å². The Morgan fingerprint density at radius 2 is 2.05 bits per heavy atom. The summed E-state index contributed by atoms with van der Waals surface area (Å²) < 4.78 is 11.4. The molecule has 19 heavy (non-hydrogen) atoms. The number of nitrogens with one attached hydrogen (secondary N) is 1. The van der Waals surface area contributed by atoms with Crippen molar-refractivity contribution in [3.8, 4) is 0 Å². The average molecular weight is 270 g/mol. The zero-order chi connectivity index (χ0) is 13.5. The molecule has 2 rings (SSSR count). The van der Waals surface area contributed by atoms with E-state index >= 15 is 0 Å². The zero-order valence-corrected chi connectivity index (χ0v) is 12.6. The fourth-order valence-electron chi connectivity index (χ4n) is 3.25. The van der Waals surface area contributed by atoms with Gasteiger partial charge in [-0.15, -0.1) is 0 Å². The van der Waals surface area contributed by atoms with E-state index in [0.717, 1.165) is 52.4 Å². The highest BCUT2D eigenvalue weighted by atomic mass is 16.5. The molecule has 0 radical (unpaired) electrons. The van der Waals surface area contributed by atoms with Gasteiger partial charge in [0.25, 0.3) is 0 Å². The molecule has 0 aromatic rings. The molecule has 2 saturated heterocycles. The van der Waals surface area contributed by atoms with Crippen molar-refractivity contribution < 1.29 is 9.47 Å². The summed E-state index contributed by atoms with van der Waals surface area (Å²) in [5.41, 5.74) is 0. The normalized spacial score (nSPS) is 32.1. The van der Waals surface area contributed by atoms with Crippen LogP contribution < -0.4 is 5.32 Å². The second-order valence-corrected chi connectivity index (χ2v) is 5.78. The Balaban J connectivity index is 1.80. The average Bonchev–Trinajstić information content (AvgIpc) is 2.93. The van der Waals surface area contributed by atoms with E-state index in [1.54, 1.807) is 0 Å². The van der Waals surface area contributed by atoms with Crippen LogP contribution in [0.25, 0.3) is 0 Å². The third-order valence-corrected chi connectivity index (χ3v) is 4.37. The molecule has 0 aromatic heterocycles. The van der Waals surface area contributed by atoms with Crippen molar-refractivity contribution in [2.24, 2.45) is 5.92 Å². The molecule has 0 aliphatic carbocycles. The summed E-state index contributed by atoms with van der Waals surface area (Å²) >= 11 is 0. The van der Waals surface area contributed by atoms with Crippen molar-refractivity contribution in [2.45, 2.75) is 45.3 Å². The molecule has 0 amide bonds. The van der Waals surface area contributed by atoms with E-state index in [-0.39, 0.29) is 0 Å². The number of likely N-dealkylation sites (N-methyl/N-ethyl adjacent to an activating group) is 1. The lowest BCUT2D eigenvalue weighted by Crippen LogP contribution is -2.48. The number of hydrogen-bond donors (Lipinski definition) is 1. The summed E-state index contributed by atoms with van der Waals surface area (Å²) in [6, 6.07) is 0.622. The van der Waals surface area contributed by atoms with Crippen LogP contribution in [0.5, 0.6) is 0 Å². The van der Waals surface area contributed by atoms with Crippen LogP contribution >= 0.6 is 0 Å². The first-order valence-corrected chi connectivity index (χ1v) is 7.98. The molecule has 2 aliphatic rings. The van der Waals surface area contributed by atoms with E-state index in [9.17, 15) is 0 Å². The summed E-state index contributed by atoms with van der Waals surface area (Å²) in [6.45, 7) is 11.6. The SMILES string of the molecule is CCNC1CCOCC1CN(CC)CC1CCCO1. The van der Waals surface area contributed by atoms with Gasteiger partial charge in [0.15, 0.2) is 0 Å². The molecule has 4 nitrogen and oxygen atoms in total. The van der Waals surface area contributed by atoms with Crippen molar-refractivity contribution in [3.05, 3.63) is 0 Å². The Morgan fingerprint density at radius 3 is 2.74 bits per heavy atom. The molecular weight excluding hydrogens is 240 g/mol. The Morgan fingerprint density at radius 1 is 1.16 bits per heavy atom. The summed E-state index contributed by atoms with van der Waals surface area (Å²) in [4.78, 5) is 2.54. The maximum atomic E-state index is 5.76. The summed E-state index contributed by atoms with van der Waals surface area (Å²) in [5, 5.41) is 3.62. The second kappa shape index (κ2) is 8.20. The fraction of sp³-hybridized carbons (Fsp3) is 1.00. The van der Waals surface area contributed by atoms with Crippen LogP contribution in [0.1, 0.15) is 33.1 Å². The Kier molecular flexibility index (Phi) is 6.57. The van der Waals surface area contributed by atoms with Gasteiger partial charge in [-0.2, -0.15) is 0 Å². The van der Waals surface area contributed by atoms with Crippen molar-refractivity contribution >= 4 is 0 Å². The largest absolute Gasteiger partial charge is 0.381 e. The molecule has 0 spiro atoms. The second-order valence-electron chi connectivity index (χ2n) is 5.78. The summed E-state index contributed by atoms with van der Waals surface area (Å²) in [6.07, 6.45) is 4.07. The van der Waals surface area contributed by atoms with Crippen molar-refractivity contribution in [2.75, 3.05) is 46.0 Å². The Hall–Kier alpha value is -0.160. The number of ether oxygens (including phenoxy) is 2. The van der Waals surface area contributed by atoms with Gasteiger partial charge in [0.1, 0.15) is 0 Å². The van der Waals surface area contributed by atoms with E-state index in [2.05, 4.69) is 24.1 Å². The summed E-state index contributed by atoms with van der Waals surface area (Å²) in [7, 11) is 0. The van der Waals surface area contributed by atoms with Gasteiger partial charge in [0.2, 0.25) is 0 Å². The van der Waals surface area contributed by atoms with Crippen LogP contribution in [0.2, 0.25) is 0 Å². The molecule has 2 aliphatic heterocycles. The standard InChI is InChI=1S/C15H30N2O2/c1-3-16-15-7-9-18-12-13(15)10-17(4-2)11-14-6-5-8-19-14/h13-16H,3-12H2,1-2H3. The van der Waals surface area contributed by atoms with E-state index in [0.29, 0.717) is 18.1 Å². The van der Waals surface area contributed by atoms with Gasteiger partial charge >= 0.3 is 0 Å². The highest BCUT2D eigenvalue weighted by Crippen LogP contribution is 2.18. The smallest absolute Gasteiger partial charge is 0.0702 e. The molecule has 1 N–H and O–H groups in total. The first-order valence-electron chi connectivity index (χ1n) is 7.98. The molecule has 3 unspecified atom stereocenters. The molecule has 2 fully saturated rings. The quantitative estimate of drug-likeness (QED) is 0.760. The van der Waals surface area contributed by atoms with Gasteiger partial charge < -0.3 is 19.7 Å². The monoisotopic (exact) mass is 270 g/mol. The van der Waals surface area contributed by atoms with E-state index in [1.807, 2.05) is 0 Å². The predicted octanol–water partition coefficient (Wildman–Crippen LogP) is 1.50. The lowest BCUT2D eigenvalue weighted by atomic mass is 9.95. The lowest BCUT2D eigenvalue weighted by Gasteiger charge is -2.36. The van der Waals surface area contributed by atoms with Gasteiger partial charge in [-0.25, -0.2) is 0 Å². The molecule has 0 saturated carbocycles. The minimum Gasteiger partial charge on any atom is -0.381 e.